The van der Waals surface area contributed by atoms with E-state index < -0.39 is 22.1 Å². The average molecular weight is 410 g/mol. The molecule has 0 saturated carbocycles. The molecule has 0 atom stereocenters. The van der Waals surface area contributed by atoms with Crippen molar-refractivity contribution in [1.82, 2.24) is 10.2 Å². The molecule has 146 valence electrons. The van der Waals surface area contributed by atoms with Crippen molar-refractivity contribution in [3.05, 3.63) is 54.7 Å². The number of carbonyl (C=O) groups excluding carboxylic acids is 1. The number of anilines is 1. The Hall–Kier alpha value is -3.18. The molecule has 1 aromatic heterocycles. The van der Waals surface area contributed by atoms with Crippen LogP contribution in [0.25, 0.3) is 22.4 Å². The third-order valence-corrected chi connectivity index (χ3v) is 4.77. The molecule has 2 aromatic carbocycles. The number of amides is 1. The molecule has 7 nitrogen and oxygen atoms in total. The summed E-state index contributed by atoms with van der Waals surface area (Å²) in [6.07, 6.45) is -3.48. The Kier molecular flexibility index (Phi) is 4.96. The monoisotopic (exact) mass is 410 g/mol. The number of sulfonamides is 1. The summed E-state index contributed by atoms with van der Waals surface area (Å²) in [6.45, 7) is 0. The van der Waals surface area contributed by atoms with Gasteiger partial charge in [-0.1, -0.05) is 30.3 Å². The third-order valence-electron chi connectivity index (χ3n) is 3.80. The van der Waals surface area contributed by atoms with Crippen LogP contribution >= 0.6 is 0 Å². The van der Waals surface area contributed by atoms with Crippen LogP contribution in [0, 0.1) is 0 Å². The molecule has 0 unspecified atom stereocenters. The standard InChI is InChI=1S/C17H13F3N4O3S/c18-17(19,20)16(25)23-11-7-5-10(6-8-11)13-9-22-24-15(13)12-3-1-2-4-14(12)28(21,26)27/h1-9H,(H,22,24)(H,23,25)(H2,21,26,27). The molecule has 28 heavy (non-hydrogen) atoms. The predicted molar refractivity (Wildman–Crippen MR) is 95.5 cm³/mol. The number of H-pyrrole nitrogens is 1. The first-order valence-electron chi connectivity index (χ1n) is 7.72. The second kappa shape index (κ2) is 7.09. The van der Waals surface area contributed by atoms with E-state index in [4.69, 9.17) is 5.14 Å². The largest absolute Gasteiger partial charge is 0.471 e. The molecule has 3 aromatic rings. The van der Waals surface area contributed by atoms with Gasteiger partial charge in [0.05, 0.1) is 4.90 Å². The van der Waals surface area contributed by atoms with Gasteiger partial charge in [-0.25, -0.2) is 13.6 Å². The fourth-order valence-corrected chi connectivity index (χ4v) is 3.30. The molecule has 3 rings (SSSR count). The molecular weight excluding hydrogens is 397 g/mol. The highest BCUT2D eigenvalue weighted by Gasteiger charge is 2.38. The Labute approximate surface area is 157 Å². The zero-order valence-corrected chi connectivity index (χ0v) is 14.8. The maximum absolute atomic E-state index is 12.3. The van der Waals surface area contributed by atoms with Gasteiger partial charge in [-0.2, -0.15) is 18.3 Å². The Morgan fingerprint density at radius 3 is 2.29 bits per heavy atom. The van der Waals surface area contributed by atoms with Gasteiger partial charge >= 0.3 is 12.1 Å². The smallest absolute Gasteiger partial charge is 0.318 e. The topological polar surface area (TPSA) is 118 Å². The SMILES string of the molecule is NS(=O)(=O)c1ccccc1-c1n[nH]cc1-c1ccc(NC(=O)C(F)(F)F)cc1. The van der Waals surface area contributed by atoms with Crippen LogP contribution < -0.4 is 10.5 Å². The first kappa shape index (κ1) is 19.6. The minimum absolute atomic E-state index is 0.0407. The Balaban J connectivity index is 1.97. The minimum Gasteiger partial charge on any atom is -0.318 e. The summed E-state index contributed by atoms with van der Waals surface area (Å²) in [4.78, 5) is 10.9. The van der Waals surface area contributed by atoms with Crippen molar-refractivity contribution < 1.29 is 26.4 Å². The molecule has 4 N–H and O–H groups in total. The summed E-state index contributed by atoms with van der Waals surface area (Å²) in [5.74, 6) is -2.08. The highest BCUT2D eigenvalue weighted by Crippen LogP contribution is 2.34. The molecule has 0 fully saturated rings. The molecule has 0 bridgehead atoms. The summed E-state index contributed by atoms with van der Waals surface area (Å²) in [5.41, 5.74) is 1.58. The van der Waals surface area contributed by atoms with Crippen molar-refractivity contribution >= 4 is 21.6 Å². The molecule has 1 heterocycles. The van der Waals surface area contributed by atoms with Gasteiger partial charge in [-0.05, 0) is 23.8 Å². The van der Waals surface area contributed by atoms with Gasteiger partial charge in [0, 0.05) is 23.0 Å². The third kappa shape index (κ3) is 4.05. The highest BCUT2D eigenvalue weighted by molar-refractivity contribution is 7.89. The Bertz CT molecular complexity index is 1120. The maximum atomic E-state index is 12.3. The van der Waals surface area contributed by atoms with Crippen LogP contribution in [-0.2, 0) is 14.8 Å². The van der Waals surface area contributed by atoms with Gasteiger partial charge in [-0.15, -0.1) is 0 Å². The first-order chi connectivity index (χ1) is 13.1. The van der Waals surface area contributed by atoms with Gasteiger partial charge < -0.3 is 5.32 Å². The highest BCUT2D eigenvalue weighted by atomic mass is 32.2. The van der Waals surface area contributed by atoms with Crippen LogP contribution in [0.4, 0.5) is 18.9 Å². The minimum atomic E-state index is -4.99. The van der Waals surface area contributed by atoms with Gasteiger partial charge in [0.1, 0.15) is 5.69 Å². The molecule has 0 spiro atoms. The molecule has 1 amide bonds. The van der Waals surface area contributed by atoms with E-state index in [1.807, 2.05) is 0 Å². The number of hydrogen-bond acceptors (Lipinski definition) is 4. The summed E-state index contributed by atoms with van der Waals surface area (Å²) in [7, 11) is -4.00. The lowest BCUT2D eigenvalue weighted by molar-refractivity contribution is -0.167. The van der Waals surface area contributed by atoms with E-state index in [0.29, 0.717) is 16.8 Å². The maximum Gasteiger partial charge on any atom is 0.471 e. The van der Waals surface area contributed by atoms with E-state index in [9.17, 15) is 26.4 Å². The number of nitrogens with two attached hydrogens (primary N) is 1. The zero-order chi connectivity index (χ0) is 20.5. The molecule has 0 aliphatic carbocycles. The van der Waals surface area contributed by atoms with E-state index in [-0.39, 0.29) is 16.1 Å². The van der Waals surface area contributed by atoms with E-state index in [1.54, 1.807) is 11.4 Å². The number of benzene rings is 2. The molecule has 0 aliphatic heterocycles. The molecule has 11 heteroatoms. The van der Waals surface area contributed by atoms with E-state index in [0.717, 1.165) is 0 Å². The van der Waals surface area contributed by atoms with Gasteiger partial charge in [0.25, 0.3) is 0 Å². The summed E-state index contributed by atoms with van der Waals surface area (Å²) in [5, 5.41) is 13.7. The second-order valence-corrected chi connectivity index (χ2v) is 7.25. The lowest BCUT2D eigenvalue weighted by Crippen LogP contribution is -2.29. The number of nitrogens with zero attached hydrogens (tertiary/aromatic N) is 1. The van der Waals surface area contributed by atoms with Gasteiger partial charge in [0.15, 0.2) is 0 Å². The first-order valence-corrected chi connectivity index (χ1v) is 9.26. The summed E-state index contributed by atoms with van der Waals surface area (Å²) < 4.78 is 60.7. The van der Waals surface area contributed by atoms with E-state index in [2.05, 4.69) is 10.2 Å². The fraction of sp³-hybridized carbons (Fsp3) is 0.0588. The van der Waals surface area contributed by atoms with Crippen molar-refractivity contribution in [3.63, 3.8) is 0 Å². The molecular formula is C17H13F3N4O3S. The number of halogens is 3. The van der Waals surface area contributed by atoms with Crippen LogP contribution in [0.15, 0.2) is 59.6 Å². The fourth-order valence-electron chi connectivity index (χ4n) is 2.56. The van der Waals surface area contributed by atoms with Crippen molar-refractivity contribution in [2.75, 3.05) is 5.32 Å². The molecule has 0 radical (unpaired) electrons. The Morgan fingerprint density at radius 2 is 1.68 bits per heavy atom. The predicted octanol–water partition coefficient (Wildman–Crippen LogP) is 2.89. The number of alkyl halides is 3. The Morgan fingerprint density at radius 1 is 1.04 bits per heavy atom. The number of aromatic nitrogens is 2. The van der Waals surface area contributed by atoms with Crippen LogP contribution in [0.5, 0.6) is 0 Å². The second-order valence-electron chi connectivity index (χ2n) is 5.72. The molecule has 0 aliphatic rings. The van der Waals surface area contributed by atoms with Crippen LogP contribution in [0.1, 0.15) is 0 Å². The number of nitrogens with one attached hydrogen (secondary N) is 2. The van der Waals surface area contributed by atoms with E-state index in [1.165, 1.54) is 48.7 Å². The van der Waals surface area contributed by atoms with Crippen molar-refractivity contribution in [2.24, 2.45) is 5.14 Å². The zero-order valence-electron chi connectivity index (χ0n) is 14.0. The van der Waals surface area contributed by atoms with Gasteiger partial charge in [-0.3, -0.25) is 9.89 Å². The van der Waals surface area contributed by atoms with Crippen molar-refractivity contribution in [2.45, 2.75) is 11.1 Å². The number of hydrogen-bond donors (Lipinski definition) is 3. The van der Waals surface area contributed by atoms with Gasteiger partial charge in [0.2, 0.25) is 10.0 Å². The number of rotatable bonds is 4. The number of aromatic amines is 1. The van der Waals surface area contributed by atoms with Crippen molar-refractivity contribution in [1.29, 1.82) is 0 Å². The van der Waals surface area contributed by atoms with Crippen LogP contribution in [-0.4, -0.2) is 30.7 Å². The number of primary sulfonamides is 1. The lowest BCUT2D eigenvalue weighted by Gasteiger charge is -2.10. The average Bonchev–Trinajstić information content (AvgIpc) is 3.10. The van der Waals surface area contributed by atoms with E-state index >= 15 is 0 Å². The summed E-state index contributed by atoms with van der Waals surface area (Å²) in [6, 6.07) is 11.6. The van der Waals surface area contributed by atoms with Crippen molar-refractivity contribution in [3.8, 4) is 22.4 Å². The van der Waals surface area contributed by atoms with Crippen LogP contribution in [0.2, 0.25) is 0 Å². The molecule has 0 saturated heterocycles. The lowest BCUT2D eigenvalue weighted by atomic mass is 10.0. The quantitative estimate of drug-likeness (QED) is 0.613. The van der Waals surface area contributed by atoms with Crippen LogP contribution in [0.3, 0.4) is 0 Å². The summed E-state index contributed by atoms with van der Waals surface area (Å²) >= 11 is 0. The normalized spacial score (nSPS) is 12.0. The number of carbonyl (C=O) groups is 1.